The highest BCUT2D eigenvalue weighted by molar-refractivity contribution is 8.03. The summed E-state index contributed by atoms with van der Waals surface area (Å²) in [4.78, 5) is 4.06. The lowest BCUT2D eigenvalue weighted by Crippen LogP contribution is -2.15. The van der Waals surface area contributed by atoms with E-state index in [-0.39, 0.29) is 0 Å². The van der Waals surface area contributed by atoms with Crippen LogP contribution in [0.5, 0.6) is 0 Å². The third-order valence-corrected chi connectivity index (χ3v) is 2.62. The molecule has 1 N–H and O–H groups in total. The van der Waals surface area contributed by atoms with E-state index >= 15 is 0 Å². The topological polar surface area (TPSA) is 24.9 Å². The van der Waals surface area contributed by atoms with E-state index < -0.39 is 0 Å². The summed E-state index contributed by atoms with van der Waals surface area (Å²) in [5.74, 6) is 0. The molecule has 1 aliphatic heterocycles. The van der Waals surface area contributed by atoms with Crippen molar-refractivity contribution in [2.45, 2.75) is 12.3 Å². The molecule has 0 aliphatic carbocycles. The summed E-state index contributed by atoms with van der Waals surface area (Å²) in [6.45, 7) is 2.14. The second-order valence-electron chi connectivity index (χ2n) is 2.70. The van der Waals surface area contributed by atoms with Crippen molar-refractivity contribution in [3.63, 3.8) is 0 Å². The van der Waals surface area contributed by atoms with Crippen molar-refractivity contribution in [3.05, 3.63) is 35.5 Å². The van der Waals surface area contributed by atoms with Gasteiger partial charge >= 0.3 is 0 Å². The van der Waals surface area contributed by atoms with Crippen molar-refractivity contribution in [3.8, 4) is 0 Å². The molecule has 0 spiro atoms. The average molecular weight is 178 g/mol. The van der Waals surface area contributed by atoms with Gasteiger partial charge in [0.1, 0.15) is 0 Å². The first-order valence-electron chi connectivity index (χ1n) is 3.89. The van der Waals surface area contributed by atoms with Crippen molar-refractivity contribution in [1.82, 2.24) is 10.3 Å². The van der Waals surface area contributed by atoms with Crippen LogP contribution in [0, 0.1) is 0 Å². The molecule has 1 unspecified atom stereocenters. The van der Waals surface area contributed by atoms with E-state index in [4.69, 9.17) is 0 Å². The van der Waals surface area contributed by atoms with Gasteiger partial charge in [-0.05, 0) is 24.5 Å². The quantitative estimate of drug-likeness (QED) is 0.712. The molecule has 1 aromatic rings. The molecule has 12 heavy (non-hydrogen) atoms. The Kier molecular flexibility index (Phi) is 2.04. The summed E-state index contributed by atoms with van der Waals surface area (Å²) < 4.78 is 0. The predicted molar refractivity (Wildman–Crippen MR) is 52.4 cm³/mol. The average Bonchev–Trinajstić information content (AvgIpc) is 2.54. The standard InChI is InChI=1S/C9H10N2S/c1-7-11-9(6-12-7)8-3-2-4-10-5-8/h2-7,11H,1H3. The molecule has 3 heteroatoms. The van der Waals surface area contributed by atoms with Gasteiger partial charge in [0.15, 0.2) is 0 Å². The smallest absolute Gasteiger partial charge is 0.0735 e. The van der Waals surface area contributed by atoms with E-state index in [1.807, 2.05) is 12.3 Å². The van der Waals surface area contributed by atoms with Gasteiger partial charge in [-0.3, -0.25) is 4.98 Å². The number of hydrogen-bond acceptors (Lipinski definition) is 3. The van der Waals surface area contributed by atoms with Crippen molar-refractivity contribution >= 4 is 17.5 Å². The molecule has 0 fully saturated rings. The summed E-state index contributed by atoms with van der Waals surface area (Å²) in [5, 5.41) is 5.98. The zero-order valence-corrected chi connectivity index (χ0v) is 7.64. The second kappa shape index (κ2) is 3.19. The van der Waals surface area contributed by atoms with Crippen molar-refractivity contribution in [1.29, 1.82) is 0 Å². The van der Waals surface area contributed by atoms with Gasteiger partial charge in [0.2, 0.25) is 0 Å². The van der Waals surface area contributed by atoms with Crippen LogP contribution in [0.1, 0.15) is 12.5 Å². The zero-order valence-electron chi connectivity index (χ0n) is 6.82. The van der Waals surface area contributed by atoms with Gasteiger partial charge in [0, 0.05) is 18.0 Å². The van der Waals surface area contributed by atoms with Crippen LogP contribution in [0.25, 0.3) is 5.70 Å². The Morgan fingerprint density at radius 2 is 2.50 bits per heavy atom. The molecule has 0 saturated carbocycles. The Labute approximate surface area is 76.1 Å². The first kappa shape index (κ1) is 7.68. The van der Waals surface area contributed by atoms with E-state index in [2.05, 4.69) is 28.7 Å². The van der Waals surface area contributed by atoms with E-state index in [1.54, 1.807) is 18.0 Å². The normalized spacial score (nSPS) is 21.8. The van der Waals surface area contributed by atoms with Crippen LogP contribution in [0.3, 0.4) is 0 Å². The van der Waals surface area contributed by atoms with E-state index in [0.29, 0.717) is 5.37 Å². The molecule has 2 heterocycles. The molecule has 0 aromatic carbocycles. The molecule has 1 aliphatic rings. The number of nitrogens with zero attached hydrogens (tertiary/aromatic N) is 1. The minimum atomic E-state index is 0.486. The Balaban J connectivity index is 2.22. The molecule has 2 rings (SSSR count). The lowest BCUT2D eigenvalue weighted by Gasteiger charge is -2.06. The number of aromatic nitrogens is 1. The van der Waals surface area contributed by atoms with Gasteiger partial charge in [0.25, 0.3) is 0 Å². The number of rotatable bonds is 1. The maximum Gasteiger partial charge on any atom is 0.0735 e. The van der Waals surface area contributed by atoms with Crippen molar-refractivity contribution < 1.29 is 0 Å². The van der Waals surface area contributed by atoms with Crippen LogP contribution >= 0.6 is 11.8 Å². The number of hydrogen-bond donors (Lipinski definition) is 1. The molecule has 62 valence electrons. The molecule has 1 atom stereocenters. The lowest BCUT2D eigenvalue weighted by molar-refractivity contribution is 0.891. The molecule has 2 nitrogen and oxygen atoms in total. The van der Waals surface area contributed by atoms with Crippen LogP contribution in [-0.2, 0) is 0 Å². The van der Waals surface area contributed by atoms with Crippen LogP contribution in [0.15, 0.2) is 29.9 Å². The Morgan fingerprint density at radius 1 is 1.58 bits per heavy atom. The van der Waals surface area contributed by atoms with E-state index in [1.165, 1.54) is 5.70 Å². The third kappa shape index (κ3) is 1.46. The van der Waals surface area contributed by atoms with Gasteiger partial charge in [0.05, 0.1) is 11.1 Å². The number of thioether (sulfide) groups is 1. The van der Waals surface area contributed by atoms with Gasteiger partial charge in [-0.15, -0.1) is 11.8 Å². The van der Waals surface area contributed by atoms with Crippen molar-refractivity contribution in [2.24, 2.45) is 0 Å². The Hall–Kier alpha value is -0.960. The van der Waals surface area contributed by atoms with Crippen LogP contribution in [0.2, 0.25) is 0 Å². The third-order valence-electron chi connectivity index (χ3n) is 1.72. The van der Waals surface area contributed by atoms with Crippen LogP contribution < -0.4 is 5.32 Å². The minimum Gasteiger partial charge on any atom is -0.372 e. The summed E-state index contributed by atoms with van der Waals surface area (Å²) in [6, 6.07) is 4.01. The highest BCUT2D eigenvalue weighted by Crippen LogP contribution is 2.25. The molecule has 0 bridgehead atoms. The zero-order chi connectivity index (χ0) is 8.39. The van der Waals surface area contributed by atoms with Gasteiger partial charge in [-0.25, -0.2) is 0 Å². The molecule has 0 saturated heterocycles. The van der Waals surface area contributed by atoms with E-state index in [0.717, 1.165) is 5.56 Å². The van der Waals surface area contributed by atoms with Crippen LogP contribution in [0.4, 0.5) is 0 Å². The largest absolute Gasteiger partial charge is 0.372 e. The minimum absolute atomic E-state index is 0.486. The van der Waals surface area contributed by atoms with Gasteiger partial charge in [-0.1, -0.05) is 0 Å². The fourth-order valence-electron chi connectivity index (χ4n) is 1.13. The molecular formula is C9H10N2S. The lowest BCUT2D eigenvalue weighted by atomic mass is 10.2. The SMILES string of the molecule is CC1NC(c2cccnc2)=CS1. The monoisotopic (exact) mass is 178 g/mol. The second-order valence-corrected chi connectivity index (χ2v) is 3.91. The number of pyridine rings is 1. The molecule has 1 aromatic heterocycles. The fourth-order valence-corrected chi connectivity index (χ4v) is 1.87. The fraction of sp³-hybridized carbons (Fsp3) is 0.222. The Bertz CT molecular complexity index is 295. The molecule has 0 radical (unpaired) electrons. The van der Waals surface area contributed by atoms with Crippen LogP contribution in [-0.4, -0.2) is 10.4 Å². The first-order chi connectivity index (χ1) is 5.86. The molecule has 0 amide bonds. The summed E-state index contributed by atoms with van der Waals surface area (Å²) in [5.41, 5.74) is 2.34. The van der Waals surface area contributed by atoms with Gasteiger partial charge < -0.3 is 5.32 Å². The predicted octanol–water partition coefficient (Wildman–Crippen LogP) is 2.06. The number of nitrogens with one attached hydrogen (secondary N) is 1. The summed E-state index contributed by atoms with van der Waals surface area (Å²) in [7, 11) is 0. The van der Waals surface area contributed by atoms with Crippen molar-refractivity contribution in [2.75, 3.05) is 0 Å². The highest BCUT2D eigenvalue weighted by Gasteiger charge is 2.12. The maximum absolute atomic E-state index is 4.06. The highest BCUT2D eigenvalue weighted by atomic mass is 32.2. The van der Waals surface area contributed by atoms with Gasteiger partial charge in [-0.2, -0.15) is 0 Å². The summed E-state index contributed by atoms with van der Waals surface area (Å²) in [6.07, 6.45) is 3.66. The molecular weight excluding hydrogens is 168 g/mol. The maximum atomic E-state index is 4.06. The summed E-state index contributed by atoms with van der Waals surface area (Å²) >= 11 is 1.80. The first-order valence-corrected chi connectivity index (χ1v) is 4.83. The van der Waals surface area contributed by atoms with E-state index in [9.17, 15) is 0 Å². The Morgan fingerprint density at radius 3 is 3.08 bits per heavy atom.